The monoisotopic (exact) mass is 224 g/mol. The van der Waals surface area contributed by atoms with Crippen LogP contribution in [-0.4, -0.2) is 18.4 Å². The first-order chi connectivity index (χ1) is 7.54. The van der Waals surface area contributed by atoms with Crippen LogP contribution in [-0.2, 0) is 9.53 Å². The number of benzene rings is 1. The molecular formula is C12H13FO3. The van der Waals surface area contributed by atoms with Gasteiger partial charge in [-0.05, 0) is 37.6 Å². The van der Waals surface area contributed by atoms with Gasteiger partial charge in [0.1, 0.15) is 12.2 Å². The molecule has 0 aliphatic carbocycles. The van der Waals surface area contributed by atoms with E-state index in [4.69, 9.17) is 0 Å². The zero-order chi connectivity index (χ0) is 12.1. The van der Waals surface area contributed by atoms with Crippen molar-refractivity contribution in [1.29, 1.82) is 0 Å². The van der Waals surface area contributed by atoms with Gasteiger partial charge in [-0.2, -0.15) is 0 Å². The number of hydrogen-bond acceptors (Lipinski definition) is 3. The Bertz CT molecular complexity index is 413. The van der Waals surface area contributed by atoms with E-state index in [1.807, 2.05) is 0 Å². The van der Waals surface area contributed by atoms with E-state index < -0.39 is 11.8 Å². The van der Waals surface area contributed by atoms with Gasteiger partial charge in [0, 0.05) is 5.56 Å². The Balaban J connectivity index is 2.77. The number of esters is 1. The molecule has 1 aromatic rings. The molecule has 0 aliphatic rings. The van der Waals surface area contributed by atoms with Gasteiger partial charge in [0.2, 0.25) is 0 Å². The lowest BCUT2D eigenvalue weighted by atomic mass is 10.0. The standard InChI is InChI=1S/C12H13FO3/c1-3-16-12(15)7-11(14)10-5-4-9(13)6-8(10)2/h4-6H,3,7H2,1-2H3. The molecule has 0 atom stereocenters. The summed E-state index contributed by atoms with van der Waals surface area (Å²) in [5, 5.41) is 0. The molecule has 86 valence electrons. The molecule has 1 aromatic carbocycles. The van der Waals surface area contributed by atoms with Crippen molar-refractivity contribution in [2.45, 2.75) is 20.3 Å². The normalized spacial score (nSPS) is 9.94. The third kappa shape index (κ3) is 3.15. The van der Waals surface area contributed by atoms with Gasteiger partial charge in [-0.25, -0.2) is 4.39 Å². The lowest BCUT2D eigenvalue weighted by Crippen LogP contribution is -2.12. The summed E-state index contributed by atoms with van der Waals surface area (Å²) in [6, 6.07) is 3.84. The summed E-state index contributed by atoms with van der Waals surface area (Å²) in [4.78, 5) is 22.7. The number of rotatable bonds is 4. The molecule has 3 nitrogen and oxygen atoms in total. The van der Waals surface area contributed by atoms with Crippen LogP contribution < -0.4 is 0 Å². The molecule has 0 amide bonds. The average molecular weight is 224 g/mol. The van der Waals surface area contributed by atoms with E-state index in [0.717, 1.165) is 0 Å². The SMILES string of the molecule is CCOC(=O)CC(=O)c1ccc(F)cc1C. The van der Waals surface area contributed by atoms with E-state index in [-0.39, 0.29) is 18.8 Å². The number of halogens is 1. The fourth-order valence-corrected chi connectivity index (χ4v) is 1.38. The molecule has 0 aliphatic heterocycles. The average Bonchev–Trinajstić information content (AvgIpc) is 2.17. The Hall–Kier alpha value is -1.71. The van der Waals surface area contributed by atoms with Crippen molar-refractivity contribution in [3.05, 3.63) is 35.1 Å². The minimum Gasteiger partial charge on any atom is -0.466 e. The second-order valence-corrected chi connectivity index (χ2v) is 3.36. The van der Waals surface area contributed by atoms with Crippen LogP contribution in [0.5, 0.6) is 0 Å². The molecule has 0 radical (unpaired) electrons. The van der Waals surface area contributed by atoms with Crippen molar-refractivity contribution in [3.8, 4) is 0 Å². The Morgan fingerprint density at radius 2 is 2.06 bits per heavy atom. The highest BCUT2D eigenvalue weighted by molar-refractivity contribution is 6.06. The van der Waals surface area contributed by atoms with Gasteiger partial charge in [-0.15, -0.1) is 0 Å². The van der Waals surface area contributed by atoms with Gasteiger partial charge in [-0.1, -0.05) is 0 Å². The number of ether oxygens (including phenoxy) is 1. The predicted octanol–water partition coefficient (Wildman–Crippen LogP) is 2.27. The van der Waals surface area contributed by atoms with Gasteiger partial charge >= 0.3 is 5.97 Å². The number of carbonyl (C=O) groups is 2. The first-order valence-corrected chi connectivity index (χ1v) is 4.99. The van der Waals surface area contributed by atoms with Crippen molar-refractivity contribution in [2.75, 3.05) is 6.61 Å². The van der Waals surface area contributed by atoms with Crippen LogP contribution >= 0.6 is 0 Å². The zero-order valence-electron chi connectivity index (χ0n) is 9.25. The predicted molar refractivity (Wildman–Crippen MR) is 56.7 cm³/mol. The number of carbonyl (C=O) groups excluding carboxylic acids is 2. The van der Waals surface area contributed by atoms with E-state index in [9.17, 15) is 14.0 Å². The van der Waals surface area contributed by atoms with Crippen molar-refractivity contribution in [2.24, 2.45) is 0 Å². The Morgan fingerprint density at radius 3 is 2.62 bits per heavy atom. The van der Waals surface area contributed by atoms with Crippen LogP contribution in [0, 0.1) is 12.7 Å². The van der Waals surface area contributed by atoms with Gasteiger partial charge in [0.15, 0.2) is 5.78 Å². The summed E-state index contributed by atoms with van der Waals surface area (Å²) in [5.74, 6) is -1.31. The molecule has 0 bridgehead atoms. The third-order valence-electron chi connectivity index (χ3n) is 2.10. The highest BCUT2D eigenvalue weighted by atomic mass is 19.1. The van der Waals surface area contributed by atoms with Gasteiger partial charge in [0.05, 0.1) is 6.61 Å². The molecule has 16 heavy (non-hydrogen) atoms. The second-order valence-electron chi connectivity index (χ2n) is 3.36. The molecule has 0 N–H and O–H groups in total. The maximum Gasteiger partial charge on any atom is 0.313 e. The lowest BCUT2D eigenvalue weighted by Gasteiger charge is -2.04. The Kier molecular flexibility index (Phi) is 4.17. The van der Waals surface area contributed by atoms with Gasteiger partial charge in [-0.3, -0.25) is 9.59 Å². The zero-order valence-corrected chi connectivity index (χ0v) is 9.25. The van der Waals surface area contributed by atoms with Crippen LogP contribution in [0.25, 0.3) is 0 Å². The third-order valence-corrected chi connectivity index (χ3v) is 2.10. The molecular weight excluding hydrogens is 211 g/mol. The smallest absolute Gasteiger partial charge is 0.313 e. The fourth-order valence-electron chi connectivity index (χ4n) is 1.38. The molecule has 1 rings (SSSR count). The van der Waals surface area contributed by atoms with E-state index in [2.05, 4.69) is 4.74 Å². The first-order valence-electron chi connectivity index (χ1n) is 4.99. The largest absolute Gasteiger partial charge is 0.466 e. The number of hydrogen-bond donors (Lipinski definition) is 0. The van der Waals surface area contributed by atoms with Gasteiger partial charge in [0.25, 0.3) is 0 Å². The molecule has 0 heterocycles. The minimum absolute atomic E-state index is 0.245. The summed E-state index contributed by atoms with van der Waals surface area (Å²) < 4.78 is 17.5. The van der Waals surface area contributed by atoms with Crippen molar-refractivity contribution in [1.82, 2.24) is 0 Å². The summed E-state index contributed by atoms with van der Waals surface area (Å²) in [6.45, 7) is 3.54. The fraction of sp³-hybridized carbons (Fsp3) is 0.333. The maximum atomic E-state index is 12.8. The van der Waals surface area contributed by atoms with Crippen LogP contribution in [0.2, 0.25) is 0 Å². The molecule has 4 heteroatoms. The van der Waals surface area contributed by atoms with E-state index in [1.54, 1.807) is 13.8 Å². The van der Waals surface area contributed by atoms with Crippen LogP contribution in [0.1, 0.15) is 29.3 Å². The van der Waals surface area contributed by atoms with Crippen LogP contribution in [0.4, 0.5) is 4.39 Å². The van der Waals surface area contributed by atoms with E-state index in [0.29, 0.717) is 11.1 Å². The Labute approximate surface area is 93.2 Å². The maximum absolute atomic E-state index is 12.8. The minimum atomic E-state index is -0.559. The molecule has 0 saturated heterocycles. The molecule has 0 fully saturated rings. The van der Waals surface area contributed by atoms with Crippen molar-refractivity contribution >= 4 is 11.8 Å². The number of aryl methyl sites for hydroxylation is 1. The lowest BCUT2D eigenvalue weighted by molar-refractivity contribution is -0.141. The van der Waals surface area contributed by atoms with E-state index >= 15 is 0 Å². The molecule has 0 aromatic heterocycles. The highest BCUT2D eigenvalue weighted by Gasteiger charge is 2.14. The highest BCUT2D eigenvalue weighted by Crippen LogP contribution is 2.12. The summed E-state index contributed by atoms with van der Waals surface area (Å²) in [5.41, 5.74) is 0.878. The van der Waals surface area contributed by atoms with Gasteiger partial charge < -0.3 is 4.74 Å². The van der Waals surface area contributed by atoms with Crippen molar-refractivity contribution < 1.29 is 18.7 Å². The topological polar surface area (TPSA) is 43.4 Å². The Morgan fingerprint density at radius 1 is 1.38 bits per heavy atom. The summed E-state index contributed by atoms with van der Waals surface area (Å²) in [6.07, 6.45) is -0.305. The van der Waals surface area contributed by atoms with Crippen molar-refractivity contribution in [3.63, 3.8) is 0 Å². The summed E-state index contributed by atoms with van der Waals surface area (Å²) >= 11 is 0. The molecule has 0 saturated carbocycles. The quantitative estimate of drug-likeness (QED) is 0.447. The van der Waals surface area contributed by atoms with Crippen LogP contribution in [0.15, 0.2) is 18.2 Å². The number of ketones is 1. The summed E-state index contributed by atoms with van der Waals surface area (Å²) in [7, 11) is 0. The van der Waals surface area contributed by atoms with Crippen LogP contribution in [0.3, 0.4) is 0 Å². The second kappa shape index (κ2) is 5.39. The first kappa shape index (κ1) is 12.4. The number of Topliss-reactive ketones (excluding diaryl/α,β-unsaturated/α-hetero) is 1. The molecule has 0 unspecified atom stereocenters. The molecule has 0 spiro atoms. The van der Waals surface area contributed by atoms with E-state index in [1.165, 1.54) is 18.2 Å².